The SMILES string of the molecule is Nc1ncc(F)cc1C(=O)NCC1CCSCC1. The number of rotatable bonds is 3. The molecule has 6 heteroatoms. The van der Waals surface area contributed by atoms with Gasteiger partial charge in [-0.15, -0.1) is 0 Å². The van der Waals surface area contributed by atoms with Gasteiger partial charge in [-0.1, -0.05) is 0 Å². The Kier molecular flexibility index (Phi) is 4.41. The maximum atomic E-state index is 13.0. The summed E-state index contributed by atoms with van der Waals surface area (Å²) >= 11 is 1.94. The Hall–Kier alpha value is -1.30. The quantitative estimate of drug-likeness (QED) is 0.876. The molecule has 2 heterocycles. The number of nitrogens with two attached hydrogens (primary N) is 1. The van der Waals surface area contributed by atoms with Crippen LogP contribution in [0.2, 0.25) is 0 Å². The molecule has 0 spiro atoms. The number of halogens is 1. The molecule has 1 aliphatic heterocycles. The van der Waals surface area contributed by atoms with Crippen LogP contribution in [0.15, 0.2) is 12.3 Å². The van der Waals surface area contributed by atoms with E-state index in [9.17, 15) is 9.18 Å². The normalized spacial score (nSPS) is 16.5. The van der Waals surface area contributed by atoms with Crippen LogP contribution in [-0.4, -0.2) is 28.9 Å². The molecule has 0 aliphatic carbocycles. The van der Waals surface area contributed by atoms with Crippen molar-refractivity contribution in [2.45, 2.75) is 12.8 Å². The lowest BCUT2D eigenvalue weighted by molar-refractivity contribution is 0.0946. The first kappa shape index (κ1) is 13.1. The standard InChI is InChI=1S/C12H16FN3OS/c13-9-5-10(11(14)15-7-9)12(17)16-6-8-1-3-18-4-2-8/h5,7-8H,1-4,6H2,(H2,14,15)(H,16,17). The molecule has 4 nitrogen and oxygen atoms in total. The lowest BCUT2D eigenvalue weighted by Gasteiger charge is -2.21. The van der Waals surface area contributed by atoms with Gasteiger partial charge in [-0.25, -0.2) is 9.37 Å². The van der Waals surface area contributed by atoms with Crippen LogP contribution >= 0.6 is 11.8 Å². The van der Waals surface area contributed by atoms with Crippen LogP contribution in [0.1, 0.15) is 23.2 Å². The minimum Gasteiger partial charge on any atom is -0.383 e. The van der Waals surface area contributed by atoms with Crippen LogP contribution in [0, 0.1) is 11.7 Å². The molecule has 1 aromatic heterocycles. The summed E-state index contributed by atoms with van der Waals surface area (Å²) in [6, 6.07) is 1.12. The lowest BCUT2D eigenvalue weighted by Crippen LogP contribution is -2.31. The van der Waals surface area contributed by atoms with Gasteiger partial charge in [-0.2, -0.15) is 11.8 Å². The van der Waals surface area contributed by atoms with Gasteiger partial charge in [0.15, 0.2) is 0 Å². The van der Waals surface area contributed by atoms with E-state index in [-0.39, 0.29) is 17.3 Å². The highest BCUT2D eigenvalue weighted by Gasteiger charge is 2.17. The highest BCUT2D eigenvalue weighted by atomic mass is 32.2. The Morgan fingerprint density at radius 3 is 3.00 bits per heavy atom. The second-order valence-corrected chi connectivity index (χ2v) is 5.58. The Morgan fingerprint density at radius 2 is 2.28 bits per heavy atom. The van der Waals surface area contributed by atoms with Gasteiger partial charge in [-0.3, -0.25) is 4.79 Å². The average molecular weight is 269 g/mol. The van der Waals surface area contributed by atoms with E-state index in [1.54, 1.807) is 0 Å². The third kappa shape index (κ3) is 3.35. The van der Waals surface area contributed by atoms with Gasteiger partial charge in [0.25, 0.3) is 5.91 Å². The van der Waals surface area contributed by atoms with E-state index < -0.39 is 5.82 Å². The average Bonchev–Trinajstić information content (AvgIpc) is 2.40. The summed E-state index contributed by atoms with van der Waals surface area (Å²) in [5, 5.41) is 2.80. The van der Waals surface area contributed by atoms with Gasteiger partial charge in [0.05, 0.1) is 11.8 Å². The summed E-state index contributed by atoms with van der Waals surface area (Å²) < 4.78 is 13.0. The van der Waals surface area contributed by atoms with Crippen LogP contribution in [0.25, 0.3) is 0 Å². The number of pyridine rings is 1. The molecular weight excluding hydrogens is 253 g/mol. The van der Waals surface area contributed by atoms with Gasteiger partial charge >= 0.3 is 0 Å². The molecule has 0 atom stereocenters. The van der Waals surface area contributed by atoms with Gasteiger partial charge in [0.1, 0.15) is 11.6 Å². The molecule has 1 saturated heterocycles. The van der Waals surface area contributed by atoms with Crippen molar-refractivity contribution in [1.29, 1.82) is 0 Å². The number of amides is 1. The maximum absolute atomic E-state index is 13.0. The fourth-order valence-electron chi connectivity index (χ4n) is 1.91. The van der Waals surface area contributed by atoms with Gasteiger partial charge in [-0.05, 0) is 36.3 Å². The Labute approximate surface area is 110 Å². The number of thioether (sulfide) groups is 1. The predicted molar refractivity (Wildman–Crippen MR) is 71.0 cm³/mol. The van der Waals surface area contributed by atoms with Crippen LogP contribution in [-0.2, 0) is 0 Å². The predicted octanol–water partition coefficient (Wildman–Crippen LogP) is 1.68. The zero-order valence-electron chi connectivity index (χ0n) is 9.99. The number of nitrogens with zero attached hydrogens (tertiary/aromatic N) is 1. The minimum atomic E-state index is -0.552. The van der Waals surface area contributed by atoms with Crippen molar-refractivity contribution in [2.24, 2.45) is 5.92 Å². The second kappa shape index (κ2) is 6.04. The third-order valence-electron chi connectivity index (χ3n) is 3.02. The number of carbonyl (C=O) groups excluding carboxylic acids is 1. The molecule has 0 radical (unpaired) electrons. The minimum absolute atomic E-state index is 0.0631. The third-order valence-corrected chi connectivity index (χ3v) is 4.07. The van der Waals surface area contributed by atoms with Crippen LogP contribution in [0.4, 0.5) is 10.2 Å². The van der Waals surface area contributed by atoms with Gasteiger partial charge < -0.3 is 11.1 Å². The molecule has 18 heavy (non-hydrogen) atoms. The zero-order valence-corrected chi connectivity index (χ0v) is 10.8. The van der Waals surface area contributed by atoms with Crippen molar-refractivity contribution in [3.05, 3.63) is 23.6 Å². The molecule has 0 saturated carbocycles. The van der Waals surface area contributed by atoms with Gasteiger partial charge in [0, 0.05) is 6.54 Å². The van der Waals surface area contributed by atoms with E-state index in [1.165, 1.54) is 0 Å². The van der Waals surface area contributed by atoms with E-state index in [4.69, 9.17) is 5.73 Å². The molecule has 0 bridgehead atoms. The van der Waals surface area contributed by atoms with Crippen molar-refractivity contribution in [1.82, 2.24) is 10.3 Å². The number of nitrogens with one attached hydrogen (secondary N) is 1. The monoisotopic (exact) mass is 269 g/mol. The topological polar surface area (TPSA) is 68.0 Å². The molecule has 1 fully saturated rings. The highest BCUT2D eigenvalue weighted by molar-refractivity contribution is 7.99. The molecule has 1 aromatic rings. The summed E-state index contributed by atoms with van der Waals surface area (Å²) in [6.07, 6.45) is 3.23. The van der Waals surface area contributed by atoms with Crippen LogP contribution < -0.4 is 11.1 Å². The molecular formula is C12H16FN3OS. The molecule has 0 unspecified atom stereocenters. The number of carbonyl (C=O) groups is 1. The summed E-state index contributed by atoms with van der Waals surface area (Å²) in [5.41, 5.74) is 5.67. The molecule has 1 aliphatic rings. The van der Waals surface area contributed by atoms with Crippen molar-refractivity contribution in [2.75, 3.05) is 23.8 Å². The Morgan fingerprint density at radius 1 is 1.56 bits per heavy atom. The van der Waals surface area contributed by atoms with Crippen molar-refractivity contribution < 1.29 is 9.18 Å². The first-order valence-corrected chi connectivity index (χ1v) is 7.09. The van der Waals surface area contributed by atoms with Crippen molar-refractivity contribution in [3.63, 3.8) is 0 Å². The first-order chi connectivity index (χ1) is 8.66. The molecule has 1 amide bonds. The summed E-state index contributed by atoms with van der Waals surface area (Å²) in [6.45, 7) is 0.620. The number of hydrogen-bond donors (Lipinski definition) is 2. The number of hydrogen-bond acceptors (Lipinski definition) is 4. The Bertz CT molecular complexity index is 435. The zero-order chi connectivity index (χ0) is 13.0. The molecule has 2 rings (SSSR count). The molecule has 3 N–H and O–H groups in total. The van der Waals surface area contributed by atoms with Crippen LogP contribution in [0.5, 0.6) is 0 Å². The van der Waals surface area contributed by atoms with Crippen molar-refractivity contribution in [3.8, 4) is 0 Å². The lowest BCUT2D eigenvalue weighted by atomic mass is 10.0. The number of nitrogen functional groups attached to an aromatic ring is 1. The summed E-state index contributed by atoms with van der Waals surface area (Å²) in [5.74, 6) is 1.96. The molecule has 98 valence electrons. The van der Waals surface area contributed by atoms with Gasteiger partial charge in [0.2, 0.25) is 0 Å². The molecule has 0 aromatic carbocycles. The maximum Gasteiger partial charge on any atom is 0.255 e. The number of anilines is 1. The highest BCUT2D eigenvalue weighted by Crippen LogP contribution is 2.22. The van der Waals surface area contributed by atoms with E-state index in [0.717, 1.165) is 36.6 Å². The van der Waals surface area contributed by atoms with E-state index in [1.807, 2.05) is 11.8 Å². The summed E-state index contributed by atoms with van der Waals surface area (Å²) in [4.78, 5) is 15.5. The second-order valence-electron chi connectivity index (χ2n) is 4.35. The smallest absolute Gasteiger partial charge is 0.255 e. The first-order valence-electron chi connectivity index (χ1n) is 5.94. The van der Waals surface area contributed by atoms with Crippen LogP contribution in [0.3, 0.4) is 0 Å². The van der Waals surface area contributed by atoms with Crippen molar-refractivity contribution >= 4 is 23.5 Å². The fraction of sp³-hybridized carbons (Fsp3) is 0.500. The number of aromatic nitrogens is 1. The van der Waals surface area contributed by atoms with E-state index >= 15 is 0 Å². The van der Waals surface area contributed by atoms with E-state index in [0.29, 0.717) is 12.5 Å². The summed E-state index contributed by atoms with van der Waals surface area (Å²) in [7, 11) is 0. The Balaban J connectivity index is 1.92. The van der Waals surface area contributed by atoms with E-state index in [2.05, 4.69) is 10.3 Å². The fourth-order valence-corrected chi connectivity index (χ4v) is 3.12. The largest absolute Gasteiger partial charge is 0.383 e.